The van der Waals surface area contributed by atoms with E-state index in [9.17, 15) is 4.39 Å². The summed E-state index contributed by atoms with van der Waals surface area (Å²) in [4.78, 5) is 0. The van der Waals surface area contributed by atoms with Crippen molar-refractivity contribution in [2.45, 2.75) is 32.9 Å². The molecule has 0 aromatic heterocycles. The topological polar surface area (TPSA) is 21.3 Å². The maximum Gasteiger partial charge on any atom is 0.129 e. The van der Waals surface area contributed by atoms with E-state index >= 15 is 0 Å². The molecule has 0 spiro atoms. The number of hydrogen-bond acceptors (Lipinski definition) is 2. The Morgan fingerprint density at radius 3 is 2.71 bits per heavy atom. The van der Waals surface area contributed by atoms with Crippen LogP contribution in [-0.4, -0.2) is 19.3 Å². The molecule has 0 fully saturated rings. The normalized spacial score (nSPS) is 14.6. The van der Waals surface area contributed by atoms with E-state index in [1.165, 1.54) is 6.07 Å². The number of halogens is 2. The van der Waals surface area contributed by atoms with Crippen molar-refractivity contribution in [3.63, 3.8) is 0 Å². The minimum Gasteiger partial charge on any atom is -0.377 e. The van der Waals surface area contributed by atoms with Crippen LogP contribution in [0.15, 0.2) is 22.7 Å². The lowest BCUT2D eigenvalue weighted by Gasteiger charge is -2.18. The predicted octanol–water partition coefficient (Wildman–Crippen LogP) is 3.66. The molecule has 17 heavy (non-hydrogen) atoms. The van der Waals surface area contributed by atoms with Gasteiger partial charge in [-0.05, 0) is 32.9 Å². The van der Waals surface area contributed by atoms with Crippen molar-refractivity contribution >= 4 is 15.9 Å². The zero-order valence-electron chi connectivity index (χ0n) is 10.5. The monoisotopic (exact) mass is 303 g/mol. The summed E-state index contributed by atoms with van der Waals surface area (Å²) < 4.78 is 19.8. The van der Waals surface area contributed by atoms with Crippen molar-refractivity contribution < 1.29 is 9.13 Å². The van der Waals surface area contributed by atoms with Gasteiger partial charge in [0.2, 0.25) is 0 Å². The van der Waals surface area contributed by atoms with Crippen LogP contribution in [0.4, 0.5) is 4.39 Å². The Kier molecular flexibility index (Phi) is 6.09. The summed E-state index contributed by atoms with van der Waals surface area (Å²) in [5.74, 6) is -0.191. The number of benzene rings is 1. The lowest BCUT2D eigenvalue weighted by molar-refractivity contribution is 0.0742. The van der Waals surface area contributed by atoms with Gasteiger partial charge in [0.05, 0.1) is 6.10 Å². The van der Waals surface area contributed by atoms with E-state index in [2.05, 4.69) is 21.2 Å². The molecule has 1 aromatic rings. The predicted molar refractivity (Wildman–Crippen MR) is 71.6 cm³/mol. The van der Waals surface area contributed by atoms with Crippen molar-refractivity contribution in [2.24, 2.45) is 0 Å². The molecule has 0 aliphatic heterocycles. The standard InChI is InChI=1S/C13H19BrFNO/c1-4-17-9(2)8-16-10(3)12-6-5-11(14)7-13(12)15/h5-7,9-10,16H,4,8H2,1-3H3. The number of ether oxygens (including phenoxy) is 1. The Hall–Kier alpha value is -0.450. The zero-order chi connectivity index (χ0) is 12.8. The van der Waals surface area contributed by atoms with E-state index < -0.39 is 0 Å². The molecule has 4 heteroatoms. The molecule has 0 aliphatic rings. The van der Waals surface area contributed by atoms with E-state index in [1.54, 1.807) is 6.07 Å². The first-order valence-electron chi connectivity index (χ1n) is 5.84. The van der Waals surface area contributed by atoms with Crippen LogP contribution in [0.5, 0.6) is 0 Å². The van der Waals surface area contributed by atoms with Gasteiger partial charge in [-0.25, -0.2) is 4.39 Å². The van der Waals surface area contributed by atoms with Gasteiger partial charge in [-0.3, -0.25) is 0 Å². The molecule has 1 N–H and O–H groups in total. The average molecular weight is 304 g/mol. The van der Waals surface area contributed by atoms with Gasteiger partial charge in [0, 0.05) is 29.2 Å². The third kappa shape index (κ3) is 4.74. The van der Waals surface area contributed by atoms with Crippen LogP contribution in [0.25, 0.3) is 0 Å². The Morgan fingerprint density at radius 2 is 2.12 bits per heavy atom. The van der Waals surface area contributed by atoms with Crippen LogP contribution >= 0.6 is 15.9 Å². The largest absolute Gasteiger partial charge is 0.377 e. The molecule has 2 unspecified atom stereocenters. The highest BCUT2D eigenvalue weighted by Crippen LogP contribution is 2.20. The molecule has 96 valence electrons. The first kappa shape index (κ1) is 14.6. The molecule has 2 nitrogen and oxygen atoms in total. The van der Waals surface area contributed by atoms with Crippen LogP contribution in [0, 0.1) is 5.82 Å². The SMILES string of the molecule is CCOC(C)CNC(C)c1ccc(Br)cc1F. The maximum atomic E-state index is 13.7. The van der Waals surface area contributed by atoms with E-state index in [-0.39, 0.29) is 18.0 Å². The van der Waals surface area contributed by atoms with Crippen LogP contribution in [0.2, 0.25) is 0 Å². The lowest BCUT2D eigenvalue weighted by atomic mass is 10.1. The highest BCUT2D eigenvalue weighted by atomic mass is 79.9. The highest BCUT2D eigenvalue weighted by Gasteiger charge is 2.11. The first-order chi connectivity index (χ1) is 8.04. The smallest absolute Gasteiger partial charge is 0.129 e. The molecule has 0 saturated heterocycles. The molecule has 2 atom stereocenters. The lowest BCUT2D eigenvalue weighted by Crippen LogP contribution is -2.29. The van der Waals surface area contributed by atoms with Crippen molar-refractivity contribution in [1.29, 1.82) is 0 Å². The maximum absolute atomic E-state index is 13.7. The van der Waals surface area contributed by atoms with Gasteiger partial charge in [-0.1, -0.05) is 22.0 Å². The van der Waals surface area contributed by atoms with E-state index in [0.717, 1.165) is 4.47 Å². The van der Waals surface area contributed by atoms with Gasteiger partial charge in [-0.2, -0.15) is 0 Å². The van der Waals surface area contributed by atoms with Crippen molar-refractivity contribution in [1.82, 2.24) is 5.32 Å². The van der Waals surface area contributed by atoms with Gasteiger partial charge < -0.3 is 10.1 Å². The molecule has 0 heterocycles. The van der Waals surface area contributed by atoms with Crippen molar-refractivity contribution in [3.8, 4) is 0 Å². The van der Waals surface area contributed by atoms with Crippen molar-refractivity contribution in [3.05, 3.63) is 34.1 Å². The Bertz CT molecular complexity index is 359. The Balaban J connectivity index is 2.54. The highest BCUT2D eigenvalue weighted by molar-refractivity contribution is 9.10. The van der Waals surface area contributed by atoms with Gasteiger partial charge in [0.15, 0.2) is 0 Å². The zero-order valence-corrected chi connectivity index (χ0v) is 12.1. The molecule has 0 radical (unpaired) electrons. The Morgan fingerprint density at radius 1 is 1.41 bits per heavy atom. The fourth-order valence-corrected chi connectivity index (χ4v) is 1.98. The van der Waals surface area contributed by atoms with Gasteiger partial charge in [-0.15, -0.1) is 0 Å². The summed E-state index contributed by atoms with van der Waals surface area (Å²) in [6.07, 6.45) is 0.140. The minimum atomic E-state index is -0.191. The Labute approximate surface area is 111 Å². The molecular weight excluding hydrogens is 285 g/mol. The summed E-state index contributed by atoms with van der Waals surface area (Å²) in [6.45, 7) is 7.33. The first-order valence-corrected chi connectivity index (χ1v) is 6.63. The summed E-state index contributed by atoms with van der Waals surface area (Å²) in [5.41, 5.74) is 0.678. The third-order valence-corrected chi connectivity index (χ3v) is 3.08. The third-order valence-electron chi connectivity index (χ3n) is 2.59. The molecular formula is C13H19BrFNO. The van der Waals surface area contributed by atoms with Gasteiger partial charge in [0.1, 0.15) is 5.82 Å². The molecule has 0 amide bonds. The summed E-state index contributed by atoms with van der Waals surface area (Å²) in [6, 6.07) is 5.11. The van der Waals surface area contributed by atoms with Crippen molar-refractivity contribution in [2.75, 3.05) is 13.2 Å². The fraction of sp³-hybridized carbons (Fsp3) is 0.538. The fourth-order valence-electron chi connectivity index (χ4n) is 1.65. The van der Waals surface area contributed by atoms with Gasteiger partial charge >= 0.3 is 0 Å². The van der Waals surface area contributed by atoms with Crippen LogP contribution in [0.3, 0.4) is 0 Å². The second kappa shape index (κ2) is 7.09. The summed E-state index contributed by atoms with van der Waals surface area (Å²) in [5, 5.41) is 3.26. The second-order valence-electron chi connectivity index (χ2n) is 4.06. The number of hydrogen-bond donors (Lipinski definition) is 1. The molecule has 0 bridgehead atoms. The number of nitrogens with one attached hydrogen (secondary N) is 1. The molecule has 0 saturated carbocycles. The summed E-state index contributed by atoms with van der Waals surface area (Å²) >= 11 is 3.25. The van der Waals surface area contributed by atoms with Crippen LogP contribution in [-0.2, 0) is 4.74 Å². The number of rotatable bonds is 6. The van der Waals surface area contributed by atoms with E-state index in [0.29, 0.717) is 18.7 Å². The molecule has 1 rings (SSSR count). The average Bonchev–Trinajstić information content (AvgIpc) is 2.26. The minimum absolute atomic E-state index is 0.0222. The quantitative estimate of drug-likeness (QED) is 0.866. The van der Waals surface area contributed by atoms with E-state index in [4.69, 9.17) is 4.74 Å². The van der Waals surface area contributed by atoms with E-state index in [1.807, 2.05) is 26.8 Å². The van der Waals surface area contributed by atoms with Crippen LogP contribution in [0.1, 0.15) is 32.4 Å². The molecule has 1 aromatic carbocycles. The van der Waals surface area contributed by atoms with Gasteiger partial charge in [0.25, 0.3) is 0 Å². The summed E-state index contributed by atoms with van der Waals surface area (Å²) in [7, 11) is 0. The molecule has 0 aliphatic carbocycles. The second-order valence-corrected chi connectivity index (χ2v) is 4.98. The van der Waals surface area contributed by atoms with Crippen LogP contribution < -0.4 is 5.32 Å².